The smallest absolute Gasteiger partial charge is 0.122 e. The molecular weight excluding hydrogens is 302 g/mol. The van der Waals surface area contributed by atoms with Crippen LogP contribution >= 0.6 is 22.9 Å². The van der Waals surface area contributed by atoms with Crippen molar-refractivity contribution in [3.63, 3.8) is 0 Å². The van der Waals surface area contributed by atoms with Crippen molar-refractivity contribution in [1.29, 1.82) is 0 Å². The molecule has 0 amide bonds. The fourth-order valence-electron chi connectivity index (χ4n) is 2.19. The molecule has 1 heterocycles. The zero-order valence-corrected chi connectivity index (χ0v) is 12.8. The molecule has 3 rings (SSSR count). The highest BCUT2D eigenvalue weighted by molar-refractivity contribution is 7.13. The van der Waals surface area contributed by atoms with Crippen LogP contribution in [0.15, 0.2) is 60.0 Å². The molecule has 0 saturated carbocycles. The Morgan fingerprint density at radius 2 is 1.86 bits per heavy atom. The Hall–Kier alpha value is -1.97. The number of halogens is 1. The lowest BCUT2D eigenvalue weighted by atomic mass is 10.1. The van der Waals surface area contributed by atoms with E-state index in [1.807, 2.05) is 24.3 Å². The van der Waals surface area contributed by atoms with E-state index in [0.717, 1.165) is 11.3 Å². The van der Waals surface area contributed by atoms with Crippen molar-refractivity contribution < 1.29 is 5.11 Å². The first-order chi connectivity index (χ1) is 10.3. The minimum Gasteiger partial charge on any atom is -0.508 e. The summed E-state index contributed by atoms with van der Waals surface area (Å²) in [5, 5.41) is 15.9. The Labute approximate surface area is 132 Å². The third-order valence-corrected chi connectivity index (χ3v) is 4.52. The normalized spacial score (nSPS) is 10.5. The van der Waals surface area contributed by atoms with Gasteiger partial charge in [-0.15, -0.1) is 11.3 Å². The highest BCUT2D eigenvalue weighted by Gasteiger charge is 2.08. The Morgan fingerprint density at radius 1 is 1.00 bits per heavy atom. The first kappa shape index (κ1) is 14.0. The fourth-order valence-corrected chi connectivity index (χ4v) is 3.19. The molecule has 3 aromatic rings. The molecule has 0 fully saturated rings. The van der Waals surface area contributed by atoms with E-state index in [1.54, 1.807) is 29.5 Å². The quantitative estimate of drug-likeness (QED) is 0.677. The highest BCUT2D eigenvalue weighted by atomic mass is 35.5. The van der Waals surface area contributed by atoms with E-state index in [2.05, 4.69) is 22.8 Å². The largest absolute Gasteiger partial charge is 0.508 e. The van der Waals surface area contributed by atoms with Gasteiger partial charge < -0.3 is 10.4 Å². The van der Waals surface area contributed by atoms with Gasteiger partial charge >= 0.3 is 0 Å². The predicted octanol–water partition coefficient (Wildman–Crippen LogP) is 5.39. The summed E-state index contributed by atoms with van der Waals surface area (Å²) in [7, 11) is 0. The third kappa shape index (κ3) is 3.04. The molecule has 0 unspecified atom stereocenters. The maximum atomic E-state index is 9.90. The molecule has 4 heteroatoms. The number of phenols is 1. The number of thiophene rings is 1. The number of hydrogen-bond donors (Lipinski definition) is 2. The standard InChI is InChI=1S/C17H14ClNOS/c18-14-6-3-8-16(20)13(14)11-19-15-7-2-1-5-12(15)17-9-4-10-21-17/h1-10,19-20H,11H2. The van der Waals surface area contributed by atoms with Crippen LogP contribution in [0.25, 0.3) is 10.4 Å². The summed E-state index contributed by atoms with van der Waals surface area (Å²) in [6.45, 7) is 0.480. The van der Waals surface area contributed by atoms with Crippen LogP contribution in [0.3, 0.4) is 0 Å². The van der Waals surface area contributed by atoms with Gasteiger partial charge in [-0.2, -0.15) is 0 Å². The van der Waals surface area contributed by atoms with Crippen LogP contribution in [0.2, 0.25) is 5.02 Å². The summed E-state index contributed by atoms with van der Waals surface area (Å²) in [5.74, 6) is 0.212. The molecule has 1 aromatic heterocycles. The van der Waals surface area contributed by atoms with Crippen LogP contribution in [-0.2, 0) is 6.54 Å². The number of rotatable bonds is 4. The van der Waals surface area contributed by atoms with Crippen molar-refractivity contribution in [2.24, 2.45) is 0 Å². The highest BCUT2D eigenvalue weighted by Crippen LogP contribution is 2.32. The van der Waals surface area contributed by atoms with Gasteiger partial charge in [0, 0.05) is 33.3 Å². The molecular formula is C17H14ClNOS. The van der Waals surface area contributed by atoms with Gasteiger partial charge in [0.2, 0.25) is 0 Å². The van der Waals surface area contributed by atoms with Gasteiger partial charge in [0.05, 0.1) is 0 Å². The second-order valence-electron chi connectivity index (χ2n) is 4.61. The van der Waals surface area contributed by atoms with Crippen molar-refractivity contribution in [3.8, 4) is 16.2 Å². The number of nitrogens with one attached hydrogen (secondary N) is 1. The lowest BCUT2D eigenvalue weighted by molar-refractivity contribution is 0.469. The van der Waals surface area contributed by atoms with Crippen LogP contribution in [-0.4, -0.2) is 5.11 Å². The molecule has 2 N–H and O–H groups in total. The number of para-hydroxylation sites is 1. The first-order valence-electron chi connectivity index (χ1n) is 6.59. The SMILES string of the molecule is Oc1cccc(Cl)c1CNc1ccccc1-c1cccs1. The Morgan fingerprint density at radius 3 is 2.62 bits per heavy atom. The van der Waals surface area contributed by atoms with Gasteiger partial charge in [0.1, 0.15) is 5.75 Å². The molecule has 0 aliphatic heterocycles. The third-order valence-electron chi connectivity index (χ3n) is 3.26. The maximum Gasteiger partial charge on any atom is 0.122 e. The summed E-state index contributed by atoms with van der Waals surface area (Å²) >= 11 is 7.84. The van der Waals surface area contributed by atoms with Gasteiger partial charge in [0.25, 0.3) is 0 Å². The number of hydrogen-bond acceptors (Lipinski definition) is 3. The van der Waals surface area contributed by atoms with Crippen LogP contribution in [0.4, 0.5) is 5.69 Å². The summed E-state index contributed by atoms with van der Waals surface area (Å²) in [6.07, 6.45) is 0. The van der Waals surface area contributed by atoms with E-state index in [1.165, 1.54) is 4.88 Å². The van der Waals surface area contributed by atoms with E-state index in [4.69, 9.17) is 11.6 Å². The van der Waals surface area contributed by atoms with E-state index < -0.39 is 0 Å². The van der Waals surface area contributed by atoms with Gasteiger partial charge in [0.15, 0.2) is 0 Å². The van der Waals surface area contributed by atoms with Crippen LogP contribution in [0, 0.1) is 0 Å². The topological polar surface area (TPSA) is 32.3 Å². The molecule has 0 saturated heterocycles. The fraction of sp³-hybridized carbons (Fsp3) is 0.0588. The molecule has 2 aromatic carbocycles. The molecule has 0 spiro atoms. The minimum absolute atomic E-state index is 0.212. The average Bonchev–Trinajstić information content (AvgIpc) is 3.01. The Kier molecular flexibility index (Phi) is 4.13. The average molecular weight is 316 g/mol. The van der Waals surface area contributed by atoms with Gasteiger partial charge in [-0.25, -0.2) is 0 Å². The van der Waals surface area contributed by atoms with Crippen molar-refractivity contribution in [2.75, 3.05) is 5.32 Å². The van der Waals surface area contributed by atoms with E-state index in [9.17, 15) is 5.11 Å². The number of anilines is 1. The number of phenolic OH excluding ortho intramolecular Hbond substituents is 1. The van der Waals surface area contributed by atoms with E-state index in [-0.39, 0.29) is 5.75 Å². The van der Waals surface area contributed by atoms with Crippen LogP contribution < -0.4 is 5.32 Å². The molecule has 2 nitrogen and oxygen atoms in total. The van der Waals surface area contributed by atoms with E-state index in [0.29, 0.717) is 17.1 Å². The summed E-state index contributed by atoms with van der Waals surface area (Å²) in [4.78, 5) is 1.21. The second kappa shape index (κ2) is 6.20. The van der Waals surface area contributed by atoms with Crippen molar-refractivity contribution in [1.82, 2.24) is 0 Å². The van der Waals surface area contributed by atoms with Crippen molar-refractivity contribution >= 4 is 28.6 Å². The Bertz CT molecular complexity index is 720. The zero-order valence-electron chi connectivity index (χ0n) is 11.2. The molecule has 106 valence electrons. The van der Waals surface area contributed by atoms with Crippen molar-refractivity contribution in [3.05, 3.63) is 70.6 Å². The monoisotopic (exact) mass is 315 g/mol. The first-order valence-corrected chi connectivity index (χ1v) is 7.84. The molecule has 0 aliphatic carbocycles. The van der Waals surface area contributed by atoms with Crippen LogP contribution in [0.5, 0.6) is 5.75 Å². The molecule has 0 aliphatic rings. The van der Waals surface area contributed by atoms with Crippen molar-refractivity contribution in [2.45, 2.75) is 6.54 Å². The predicted molar refractivity (Wildman–Crippen MR) is 90.2 cm³/mol. The number of aromatic hydroxyl groups is 1. The number of benzene rings is 2. The molecule has 0 radical (unpaired) electrons. The lowest BCUT2D eigenvalue weighted by Gasteiger charge is -2.13. The van der Waals surface area contributed by atoms with Gasteiger partial charge in [-0.3, -0.25) is 0 Å². The summed E-state index contributed by atoms with van der Waals surface area (Å²) < 4.78 is 0. The van der Waals surface area contributed by atoms with Gasteiger partial charge in [-0.1, -0.05) is 41.9 Å². The summed E-state index contributed by atoms with van der Waals surface area (Å²) in [5.41, 5.74) is 2.89. The maximum absolute atomic E-state index is 9.90. The van der Waals surface area contributed by atoms with Gasteiger partial charge in [-0.05, 0) is 29.6 Å². The second-order valence-corrected chi connectivity index (χ2v) is 5.97. The molecule has 0 bridgehead atoms. The lowest BCUT2D eigenvalue weighted by Crippen LogP contribution is -2.01. The molecule has 0 atom stereocenters. The minimum atomic E-state index is 0.212. The zero-order chi connectivity index (χ0) is 14.7. The van der Waals surface area contributed by atoms with Crippen LogP contribution in [0.1, 0.15) is 5.56 Å². The van der Waals surface area contributed by atoms with E-state index >= 15 is 0 Å². The summed E-state index contributed by atoms with van der Waals surface area (Å²) in [6, 6.07) is 17.4. The Balaban J connectivity index is 1.86. The molecule has 21 heavy (non-hydrogen) atoms.